The number of carbonyl (C=O) groups is 1. The van der Waals surface area contributed by atoms with Crippen LogP contribution in [0.4, 0.5) is 4.79 Å². The number of amides is 2. The average molecular weight is 389 g/mol. The van der Waals surface area contributed by atoms with E-state index < -0.39 is 26.0 Å². The van der Waals surface area contributed by atoms with Crippen molar-refractivity contribution < 1.29 is 23.7 Å². The van der Waals surface area contributed by atoms with Crippen LogP contribution in [0.25, 0.3) is 0 Å². The fourth-order valence-electron chi connectivity index (χ4n) is 2.26. The molecule has 0 saturated carbocycles. The van der Waals surface area contributed by atoms with Crippen molar-refractivity contribution in [2.75, 3.05) is 6.54 Å². The van der Waals surface area contributed by atoms with E-state index in [2.05, 4.69) is 22.5 Å². The Bertz CT molecular complexity index is 538. The van der Waals surface area contributed by atoms with Crippen LogP contribution in [0.3, 0.4) is 0 Å². The van der Waals surface area contributed by atoms with Gasteiger partial charge in [0.05, 0.1) is 12.1 Å². The largest absolute Gasteiger partial charge is 0.469 e. The molecule has 2 atom stereocenters. The molecule has 0 spiro atoms. The average Bonchev–Trinajstić information content (AvgIpc) is 2.60. The summed E-state index contributed by atoms with van der Waals surface area (Å²) in [6.07, 6.45) is 6.32. The Balaban J connectivity index is 0.00000301. The zero-order valence-electron chi connectivity index (χ0n) is 16.0. The van der Waals surface area contributed by atoms with Crippen LogP contribution in [-0.2, 0) is 9.09 Å². The van der Waals surface area contributed by atoms with E-state index in [1.54, 1.807) is 18.3 Å². The van der Waals surface area contributed by atoms with Crippen LogP contribution in [-0.4, -0.2) is 33.5 Å². The van der Waals surface area contributed by atoms with Gasteiger partial charge in [0.15, 0.2) is 0 Å². The number of carbonyl (C=O) groups excluding carboxylic acids is 1. The number of hydrogen-bond acceptors (Lipinski definition) is 4. The van der Waals surface area contributed by atoms with Gasteiger partial charge >= 0.3 is 13.9 Å². The van der Waals surface area contributed by atoms with E-state index in [1.807, 2.05) is 13.8 Å². The van der Waals surface area contributed by atoms with Crippen LogP contribution in [0.5, 0.6) is 0 Å². The summed E-state index contributed by atoms with van der Waals surface area (Å²) in [6, 6.07) is 2.23. The molecule has 0 saturated heterocycles. The van der Waals surface area contributed by atoms with E-state index in [0.29, 0.717) is 12.1 Å². The number of phosphoric ester groups is 1. The molecule has 0 radical (unpaired) electrons. The molecule has 1 rings (SSSR count). The molecule has 150 valence electrons. The second-order valence-electron chi connectivity index (χ2n) is 5.53. The molecule has 1 aromatic heterocycles. The van der Waals surface area contributed by atoms with Crippen molar-refractivity contribution in [2.24, 2.45) is 0 Å². The van der Waals surface area contributed by atoms with Crippen molar-refractivity contribution in [3.8, 4) is 0 Å². The van der Waals surface area contributed by atoms with Gasteiger partial charge in [-0.3, -0.25) is 9.51 Å². The van der Waals surface area contributed by atoms with E-state index in [0.717, 1.165) is 25.7 Å². The number of pyridine rings is 1. The van der Waals surface area contributed by atoms with Gasteiger partial charge in [0.25, 0.3) is 0 Å². The number of aromatic nitrogens is 1. The first-order valence-corrected chi connectivity index (χ1v) is 10.5. The summed E-state index contributed by atoms with van der Waals surface area (Å²) in [7, 11) is -4.67. The molecule has 26 heavy (non-hydrogen) atoms. The molecule has 1 aromatic rings. The molecular weight excluding hydrogens is 357 g/mol. The predicted molar refractivity (Wildman–Crippen MR) is 102 cm³/mol. The molecule has 8 nitrogen and oxygen atoms in total. The lowest BCUT2D eigenvalue weighted by Gasteiger charge is -2.25. The maximum Gasteiger partial charge on any atom is 0.469 e. The topological polar surface area (TPSA) is 121 Å². The number of nitrogens with one attached hydrogen (secondary N) is 2. The summed E-state index contributed by atoms with van der Waals surface area (Å²) in [6.45, 7) is 8.14. The number of nitrogens with zero attached hydrogens (tertiary/aromatic N) is 1. The van der Waals surface area contributed by atoms with Crippen molar-refractivity contribution in [3.05, 3.63) is 30.1 Å². The molecule has 1 heterocycles. The highest BCUT2D eigenvalue weighted by molar-refractivity contribution is 7.46. The minimum atomic E-state index is -4.67. The molecule has 9 heteroatoms. The molecule has 0 bridgehead atoms. The van der Waals surface area contributed by atoms with Crippen molar-refractivity contribution >= 4 is 13.9 Å². The van der Waals surface area contributed by atoms with Crippen LogP contribution in [0.15, 0.2) is 24.5 Å². The highest BCUT2D eigenvalue weighted by atomic mass is 31.2. The second kappa shape index (κ2) is 13.7. The summed E-state index contributed by atoms with van der Waals surface area (Å²) in [4.78, 5) is 34.0. The minimum Gasteiger partial charge on any atom is -0.338 e. The van der Waals surface area contributed by atoms with Gasteiger partial charge in [-0.05, 0) is 25.0 Å². The third-order valence-corrected chi connectivity index (χ3v) is 4.03. The van der Waals surface area contributed by atoms with Crippen molar-refractivity contribution in [1.29, 1.82) is 0 Å². The summed E-state index contributed by atoms with van der Waals surface area (Å²) in [5.41, 5.74) is 0.597. The fraction of sp³-hybridized carbons (Fsp3) is 0.647. The smallest absolute Gasteiger partial charge is 0.338 e. The molecule has 4 N–H and O–H groups in total. The molecule has 0 fully saturated rings. The normalized spacial score (nSPS) is 13.2. The van der Waals surface area contributed by atoms with Crippen LogP contribution >= 0.6 is 7.82 Å². The van der Waals surface area contributed by atoms with Crippen LogP contribution < -0.4 is 10.6 Å². The Morgan fingerprint density at radius 1 is 1.31 bits per heavy atom. The first kappa shape index (κ1) is 24.5. The third-order valence-electron chi connectivity index (χ3n) is 3.42. The second-order valence-corrected chi connectivity index (χ2v) is 6.72. The van der Waals surface area contributed by atoms with E-state index in [-0.39, 0.29) is 0 Å². The summed E-state index contributed by atoms with van der Waals surface area (Å²) in [5, 5.41) is 5.43. The van der Waals surface area contributed by atoms with Gasteiger partial charge in [0.2, 0.25) is 0 Å². The number of hydrogen-bond donors (Lipinski definition) is 4. The van der Waals surface area contributed by atoms with Gasteiger partial charge in [-0.25, -0.2) is 9.36 Å². The summed E-state index contributed by atoms with van der Waals surface area (Å²) < 4.78 is 15.8. The number of urea groups is 1. The minimum absolute atomic E-state index is 0.415. The highest BCUT2D eigenvalue weighted by Gasteiger charge is 2.28. The van der Waals surface area contributed by atoms with Gasteiger partial charge in [-0.15, -0.1) is 0 Å². The van der Waals surface area contributed by atoms with Gasteiger partial charge < -0.3 is 20.4 Å². The Hall–Kier alpha value is -1.47. The molecular formula is C17H32N3O5P. The maximum atomic E-state index is 12.0. The lowest BCUT2D eigenvalue weighted by atomic mass is 10.0. The van der Waals surface area contributed by atoms with Gasteiger partial charge in [-0.1, -0.05) is 46.1 Å². The van der Waals surface area contributed by atoms with E-state index in [4.69, 9.17) is 14.3 Å². The quantitative estimate of drug-likeness (QED) is 0.359. The molecule has 0 aromatic carbocycles. The van der Waals surface area contributed by atoms with E-state index in [1.165, 1.54) is 13.1 Å². The van der Waals surface area contributed by atoms with Crippen molar-refractivity contribution in [2.45, 2.75) is 65.5 Å². The summed E-state index contributed by atoms with van der Waals surface area (Å²) in [5.74, 6) is 0. The fourth-order valence-corrected chi connectivity index (χ4v) is 2.81. The first-order chi connectivity index (χ1) is 12.3. The molecule has 0 aliphatic heterocycles. The summed E-state index contributed by atoms with van der Waals surface area (Å²) >= 11 is 0. The molecule has 0 aliphatic carbocycles. The monoisotopic (exact) mass is 389 g/mol. The molecule has 0 aliphatic rings. The van der Waals surface area contributed by atoms with Gasteiger partial charge in [0, 0.05) is 18.9 Å². The van der Waals surface area contributed by atoms with Crippen LogP contribution in [0, 0.1) is 0 Å². The Kier molecular flexibility index (Phi) is 12.9. The third kappa shape index (κ3) is 11.2. The Morgan fingerprint density at radius 2 is 2.00 bits per heavy atom. The van der Waals surface area contributed by atoms with E-state index in [9.17, 15) is 9.36 Å². The van der Waals surface area contributed by atoms with Gasteiger partial charge in [0.1, 0.15) is 0 Å². The standard InChI is InChI=1S/C15H26N3O5P.C2H6/c1-3-4-5-6-10-17-15(19)18-14(12(2)23-24(20,21)22)13-8-7-9-16-11-13;1-2/h7-9,11-12,14H,3-6,10H2,1-2H3,(H2,17,18,19)(H2,20,21,22);1-2H3. The predicted octanol–water partition coefficient (Wildman–Crippen LogP) is 3.53. The highest BCUT2D eigenvalue weighted by Crippen LogP contribution is 2.40. The molecule has 2 amide bonds. The Morgan fingerprint density at radius 3 is 2.54 bits per heavy atom. The number of phosphoric acid groups is 1. The van der Waals surface area contributed by atoms with Crippen LogP contribution in [0.1, 0.15) is 65.0 Å². The van der Waals surface area contributed by atoms with E-state index >= 15 is 0 Å². The zero-order valence-corrected chi connectivity index (χ0v) is 16.9. The van der Waals surface area contributed by atoms with Crippen molar-refractivity contribution in [1.82, 2.24) is 15.6 Å². The van der Waals surface area contributed by atoms with Crippen molar-refractivity contribution in [3.63, 3.8) is 0 Å². The Labute approximate surface area is 156 Å². The SMILES string of the molecule is CC.CCCCCCNC(=O)NC(c1cccnc1)C(C)OP(=O)(O)O. The zero-order chi connectivity index (χ0) is 20.0. The number of unbranched alkanes of at least 4 members (excludes halogenated alkanes) is 3. The lowest BCUT2D eigenvalue weighted by molar-refractivity contribution is 0.116. The molecule has 2 unspecified atom stereocenters. The van der Waals surface area contributed by atoms with Gasteiger partial charge in [-0.2, -0.15) is 0 Å². The first-order valence-electron chi connectivity index (χ1n) is 9.01. The lowest BCUT2D eigenvalue weighted by Crippen LogP contribution is -2.42. The maximum absolute atomic E-state index is 12.0. The van der Waals surface area contributed by atoms with Crippen LogP contribution in [0.2, 0.25) is 0 Å². The number of rotatable bonds is 10.